The molecule has 1 aromatic carbocycles. The largest absolute Gasteiger partial charge is 0.459 e. The Kier molecular flexibility index (Phi) is 5.85. The van der Waals surface area contributed by atoms with Gasteiger partial charge in [0.1, 0.15) is 0 Å². The van der Waals surface area contributed by atoms with Gasteiger partial charge in [-0.15, -0.1) is 0 Å². The fourth-order valence-corrected chi connectivity index (χ4v) is 5.57. The van der Waals surface area contributed by atoms with E-state index in [0.717, 1.165) is 12.5 Å². The second kappa shape index (κ2) is 6.92. The average Bonchev–Trinajstić information content (AvgIpc) is 2.39. The predicted octanol–water partition coefficient (Wildman–Crippen LogP) is 3.54. The van der Waals surface area contributed by atoms with Crippen LogP contribution in [-0.4, -0.2) is 29.0 Å². The molecule has 102 valence electrons. The van der Waals surface area contributed by atoms with E-state index < -0.39 is 8.72 Å². The first-order valence-electron chi connectivity index (χ1n) is 6.56. The van der Waals surface area contributed by atoms with Crippen LogP contribution in [0.3, 0.4) is 0 Å². The van der Waals surface area contributed by atoms with Gasteiger partial charge in [-0.25, -0.2) is 0 Å². The van der Waals surface area contributed by atoms with Crippen LogP contribution in [-0.2, 0) is 8.85 Å². The normalized spacial score (nSPS) is 11.9. The van der Waals surface area contributed by atoms with E-state index in [1.54, 1.807) is 14.2 Å². The highest BCUT2D eigenvalue weighted by Crippen LogP contribution is 2.28. The molecule has 0 amide bonds. The van der Waals surface area contributed by atoms with Gasteiger partial charge in [0.25, 0.3) is 0 Å². The van der Waals surface area contributed by atoms with E-state index in [2.05, 4.69) is 49.6 Å². The Labute approximate surface area is 112 Å². The SMILES string of the molecule is CCC[Si](OC)(OC)N(c1ccccc1)C(C)C. The Morgan fingerprint density at radius 1 is 1.11 bits per heavy atom. The van der Waals surface area contributed by atoms with Crippen molar-refractivity contribution >= 4 is 14.4 Å². The van der Waals surface area contributed by atoms with Crippen LogP contribution in [0, 0.1) is 0 Å². The van der Waals surface area contributed by atoms with E-state index in [1.165, 1.54) is 5.69 Å². The summed E-state index contributed by atoms with van der Waals surface area (Å²) in [6.45, 7) is 6.54. The predicted molar refractivity (Wildman–Crippen MR) is 78.9 cm³/mol. The molecule has 0 unspecified atom stereocenters. The maximum absolute atomic E-state index is 5.85. The number of benzene rings is 1. The molecule has 0 saturated heterocycles. The Bertz CT molecular complexity index is 339. The van der Waals surface area contributed by atoms with Gasteiger partial charge in [0.2, 0.25) is 0 Å². The van der Waals surface area contributed by atoms with Crippen molar-refractivity contribution in [1.29, 1.82) is 0 Å². The Hall–Kier alpha value is -0.843. The molecule has 0 atom stereocenters. The van der Waals surface area contributed by atoms with Crippen molar-refractivity contribution < 1.29 is 8.85 Å². The molecule has 0 aliphatic carbocycles. The summed E-state index contributed by atoms with van der Waals surface area (Å²) < 4.78 is 14.0. The lowest BCUT2D eigenvalue weighted by molar-refractivity contribution is 0.234. The summed E-state index contributed by atoms with van der Waals surface area (Å²) in [6, 6.07) is 11.7. The fraction of sp³-hybridized carbons (Fsp3) is 0.571. The summed E-state index contributed by atoms with van der Waals surface area (Å²) in [5, 5.41) is 0. The summed E-state index contributed by atoms with van der Waals surface area (Å²) in [4.78, 5) is 0. The van der Waals surface area contributed by atoms with Crippen LogP contribution >= 0.6 is 0 Å². The molecule has 1 aromatic rings. The van der Waals surface area contributed by atoms with Crippen molar-refractivity contribution in [3.05, 3.63) is 30.3 Å². The quantitative estimate of drug-likeness (QED) is 0.705. The molecule has 0 spiro atoms. The molecule has 1 rings (SSSR count). The van der Waals surface area contributed by atoms with Gasteiger partial charge in [0.05, 0.1) is 0 Å². The summed E-state index contributed by atoms with van der Waals surface area (Å²) in [5.74, 6) is 0. The van der Waals surface area contributed by atoms with Gasteiger partial charge in [-0.05, 0) is 26.0 Å². The molecule has 3 nitrogen and oxygen atoms in total. The maximum Gasteiger partial charge on any atom is 0.459 e. The lowest BCUT2D eigenvalue weighted by Gasteiger charge is -2.42. The zero-order valence-electron chi connectivity index (χ0n) is 12.1. The molecular formula is C14H25NO2Si. The summed E-state index contributed by atoms with van der Waals surface area (Å²) >= 11 is 0. The number of para-hydroxylation sites is 1. The van der Waals surface area contributed by atoms with Crippen molar-refractivity contribution in [3.8, 4) is 0 Å². The van der Waals surface area contributed by atoms with Gasteiger partial charge in [-0.2, -0.15) is 0 Å². The van der Waals surface area contributed by atoms with Crippen LogP contribution in [0.15, 0.2) is 30.3 Å². The van der Waals surface area contributed by atoms with Crippen molar-refractivity contribution in [3.63, 3.8) is 0 Å². The third kappa shape index (κ3) is 3.13. The van der Waals surface area contributed by atoms with Gasteiger partial charge in [-0.1, -0.05) is 31.5 Å². The van der Waals surface area contributed by atoms with E-state index in [4.69, 9.17) is 8.85 Å². The van der Waals surface area contributed by atoms with Gasteiger partial charge in [0.15, 0.2) is 0 Å². The van der Waals surface area contributed by atoms with E-state index in [9.17, 15) is 0 Å². The zero-order chi connectivity index (χ0) is 13.6. The average molecular weight is 267 g/mol. The second-order valence-electron chi connectivity index (χ2n) is 4.67. The number of nitrogens with zero attached hydrogens (tertiary/aromatic N) is 1. The van der Waals surface area contributed by atoms with Crippen LogP contribution in [0.4, 0.5) is 5.69 Å². The van der Waals surface area contributed by atoms with Crippen LogP contribution < -0.4 is 4.57 Å². The summed E-state index contributed by atoms with van der Waals surface area (Å²) in [6.07, 6.45) is 1.06. The number of hydrogen-bond acceptors (Lipinski definition) is 3. The van der Waals surface area contributed by atoms with Crippen molar-refractivity contribution in [2.24, 2.45) is 0 Å². The smallest absolute Gasteiger partial charge is 0.382 e. The minimum Gasteiger partial charge on any atom is -0.382 e. The van der Waals surface area contributed by atoms with E-state index >= 15 is 0 Å². The zero-order valence-corrected chi connectivity index (χ0v) is 13.1. The number of rotatable bonds is 7. The Balaban J connectivity index is 3.17. The molecule has 0 saturated carbocycles. The highest BCUT2D eigenvalue weighted by Gasteiger charge is 2.44. The molecule has 0 aliphatic rings. The first-order valence-corrected chi connectivity index (χ1v) is 8.53. The van der Waals surface area contributed by atoms with Crippen LogP contribution in [0.5, 0.6) is 0 Å². The molecule has 0 heterocycles. The fourth-order valence-electron chi connectivity index (χ4n) is 2.40. The molecule has 0 bridgehead atoms. The third-order valence-corrected chi connectivity index (χ3v) is 7.04. The van der Waals surface area contributed by atoms with Crippen LogP contribution in [0.2, 0.25) is 6.04 Å². The molecule has 4 heteroatoms. The molecular weight excluding hydrogens is 242 g/mol. The monoisotopic (exact) mass is 267 g/mol. The molecule has 0 fully saturated rings. The standard InChI is InChI=1S/C14H25NO2Si/c1-6-12-18(16-4,17-5)15(13(2)3)14-10-8-7-9-11-14/h7-11,13H,6,12H2,1-5H3. The molecule has 0 aromatic heterocycles. The number of hydrogen-bond donors (Lipinski definition) is 0. The molecule has 18 heavy (non-hydrogen) atoms. The van der Waals surface area contributed by atoms with Gasteiger partial charge >= 0.3 is 8.72 Å². The minimum atomic E-state index is -2.34. The van der Waals surface area contributed by atoms with Crippen molar-refractivity contribution in [2.75, 3.05) is 18.8 Å². The first-order chi connectivity index (χ1) is 8.61. The van der Waals surface area contributed by atoms with E-state index in [1.807, 2.05) is 6.07 Å². The highest BCUT2D eigenvalue weighted by molar-refractivity contribution is 6.71. The Morgan fingerprint density at radius 3 is 2.06 bits per heavy atom. The lowest BCUT2D eigenvalue weighted by Crippen LogP contribution is -2.60. The van der Waals surface area contributed by atoms with Gasteiger partial charge < -0.3 is 13.4 Å². The lowest BCUT2D eigenvalue weighted by atomic mass is 10.3. The van der Waals surface area contributed by atoms with Gasteiger partial charge in [-0.3, -0.25) is 0 Å². The molecule has 0 aliphatic heterocycles. The number of anilines is 1. The van der Waals surface area contributed by atoms with E-state index in [0.29, 0.717) is 6.04 Å². The van der Waals surface area contributed by atoms with Crippen LogP contribution in [0.25, 0.3) is 0 Å². The summed E-state index contributed by atoms with van der Waals surface area (Å²) in [5.41, 5.74) is 1.18. The second-order valence-corrected chi connectivity index (χ2v) is 7.89. The van der Waals surface area contributed by atoms with Crippen molar-refractivity contribution in [1.82, 2.24) is 0 Å². The molecule has 0 N–H and O–H groups in total. The van der Waals surface area contributed by atoms with Gasteiger partial charge in [0, 0.05) is 32.0 Å². The van der Waals surface area contributed by atoms with E-state index in [-0.39, 0.29) is 0 Å². The summed E-state index contributed by atoms with van der Waals surface area (Å²) in [7, 11) is 1.19. The third-order valence-electron chi connectivity index (χ3n) is 3.12. The molecule has 0 radical (unpaired) electrons. The van der Waals surface area contributed by atoms with Crippen LogP contribution in [0.1, 0.15) is 27.2 Å². The minimum absolute atomic E-state index is 0.352. The Morgan fingerprint density at radius 2 is 1.67 bits per heavy atom. The maximum atomic E-state index is 5.85. The topological polar surface area (TPSA) is 21.7 Å². The highest BCUT2D eigenvalue weighted by atomic mass is 28.4. The van der Waals surface area contributed by atoms with Crippen molar-refractivity contribution in [2.45, 2.75) is 39.3 Å². The first kappa shape index (κ1) is 15.2.